The molecule has 0 saturated heterocycles. The molecule has 0 saturated carbocycles. The van der Waals surface area contributed by atoms with E-state index in [0.29, 0.717) is 37.6 Å². The van der Waals surface area contributed by atoms with Crippen molar-refractivity contribution in [3.63, 3.8) is 0 Å². The van der Waals surface area contributed by atoms with Crippen LogP contribution in [0.5, 0.6) is 17.2 Å². The van der Waals surface area contributed by atoms with E-state index in [9.17, 15) is 14.7 Å². The van der Waals surface area contributed by atoms with Crippen molar-refractivity contribution in [2.24, 2.45) is 0 Å². The SMILES string of the molecule is Cc1c(COc2ccc3c(c2)[C@H](C(=O)O)N(C(=O)OC(C)(C)C)CC3)cccc1-c1ccc2c(c1)OCCO2. The van der Waals surface area contributed by atoms with Gasteiger partial charge in [0.15, 0.2) is 17.5 Å². The maximum absolute atomic E-state index is 12.8. The van der Waals surface area contributed by atoms with Crippen LogP contribution in [0.15, 0.2) is 54.6 Å². The Morgan fingerprint density at radius 1 is 1.03 bits per heavy atom. The summed E-state index contributed by atoms with van der Waals surface area (Å²) in [6.45, 7) is 8.98. The second-order valence-electron chi connectivity index (χ2n) is 10.8. The summed E-state index contributed by atoms with van der Waals surface area (Å²) in [7, 11) is 0. The first-order chi connectivity index (χ1) is 18.6. The summed E-state index contributed by atoms with van der Waals surface area (Å²) in [4.78, 5) is 26.4. The number of carboxylic acid groups (broad SMARTS) is 1. The zero-order chi connectivity index (χ0) is 27.7. The molecule has 1 amide bonds. The molecule has 2 heterocycles. The highest BCUT2D eigenvalue weighted by Crippen LogP contribution is 2.37. The first-order valence-corrected chi connectivity index (χ1v) is 13.1. The van der Waals surface area contributed by atoms with Crippen molar-refractivity contribution in [2.75, 3.05) is 19.8 Å². The number of benzene rings is 3. The summed E-state index contributed by atoms with van der Waals surface area (Å²) >= 11 is 0. The molecule has 3 aromatic rings. The van der Waals surface area contributed by atoms with Gasteiger partial charge in [-0.2, -0.15) is 0 Å². The molecule has 8 nitrogen and oxygen atoms in total. The monoisotopic (exact) mass is 531 g/mol. The average Bonchev–Trinajstić information content (AvgIpc) is 2.90. The van der Waals surface area contributed by atoms with Crippen molar-refractivity contribution in [1.29, 1.82) is 0 Å². The fraction of sp³-hybridized carbons (Fsp3) is 0.355. The Balaban J connectivity index is 1.36. The van der Waals surface area contributed by atoms with Crippen LogP contribution in [0.3, 0.4) is 0 Å². The van der Waals surface area contributed by atoms with E-state index in [1.54, 1.807) is 26.8 Å². The topological polar surface area (TPSA) is 94.5 Å². The number of ether oxygens (including phenoxy) is 4. The Labute approximate surface area is 228 Å². The van der Waals surface area contributed by atoms with Crippen LogP contribution in [0.2, 0.25) is 0 Å². The van der Waals surface area contributed by atoms with Gasteiger partial charge < -0.3 is 24.1 Å². The molecular weight excluding hydrogens is 498 g/mol. The van der Waals surface area contributed by atoms with E-state index in [0.717, 1.165) is 39.3 Å². The lowest BCUT2D eigenvalue weighted by atomic mass is 9.92. The summed E-state index contributed by atoms with van der Waals surface area (Å²) in [5.74, 6) is 0.916. The van der Waals surface area contributed by atoms with Gasteiger partial charge in [-0.3, -0.25) is 4.90 Å². The quantitative estimate of drug-likeness (QED) is 0.436. The van der Waals surface area contributed by atoms with Crippen molar-refractivity contribution in [3.05, 3.63) is 76.9 Å². The molecule has 8 heteroatoms. The minimum Gasteiger partial charge on any atom is -0.489 e. The highest BCUT2D eigenvalue weighted by atomic mass is 16.6. The largest absolute Gasteiger partial charge is 0.489 e. The minimum absolute atomic E-state index is 0.269. The molecule has 2 aliphatic heterocycles. The van der Waals surface area contributed by atoms with E-state index < -0.39 is 23.7 Å². The minimum atomic E-state index is -1.15. The fourth-order valence-electron chi connectivity index (χ4n) is 4.99. The number of amides is 1. The number of carboxylic acids is 1. The number of aliphatic carboxylic acids is 1. The van der Waals surface area contributed by atoms with Crippen LogP contribution in [0.1, 0.15) is 49.1 Å². The Kier molecular flexibility index (Phi) is 7.12. The summed E-state index contributed by atoms with van der Waals surface area (Å²) in [5, 5.41) is 10.0. The predicted octanol–water partition coefficient (Wildman–Crippen LogP) is 5.93. The van der Waals surface area contributed by atoms with Crippen LogP contribution in [-0.4, -0.2) is 47.4 Å². The fourth-order valence-corrected chi connectivity index (χ4v) is 4.99. The third-order valence-electron chi connectivity index (χ3n) is 6.90. The number of rotatable bonds is 5. The average molecular weight is 532 g/mol. The molecule has 39 heavy (non-hydrogen) atoms. The molecule has 1 N–H and O–H groups in total. The van der Waals surface area contributed by atoms with Crippen molar-refractivity contribution >= 4 is 12.1 Å². The second-order valence-corrected chi connectivity index (χ2v) is 10.8. The molecule has 0 spiro atoms. The van der Waals surface area contributed by atoms with Gasteiger partial charge in [-0.15, -0.1) is 0 Å². The van der Waals surface area contributed by atoms with Gasteiger partial charge in [0.05, 0.1) is 0 Å². The molecule has 1 atom stereocenters. The van der Waals surface area contributed by atoms with E-state index in [2.05, 4.69) is 13.0 Å². The molecule has 0 radical (unpaired) electrons. The van der Waals surface area contributed by atoms with Crippen LogP contribution >= 0.6 is 0 Å². The van der Waals surface area contributed by atoms with Crippen LogP contribution in [0, 0.1) is 6.92 Å². The van der Waals surface area contributed by atoms with Crippen molar-refractivity contribution in [3.8, 4) is 28.4 Å². The van der Waals surface area contributed by atoms with E-state index in [4.69, 9.17) is 18.9 Å². The molecular formula is C31H33NO7. The van der Waals surface area contributed by atoms with E-state index in [1.165, 1.54) is 4.90 Å². The van der Waals surface area contributed by atoms with Gasteiger partial charge in [-0.1, -0.05) is 30.3 Å². The van der Waals surface area contributed by atoms with E-state index in [-0.39, 0.29) is 6.54 Å². The van der Waals surface area contributed by atoms with Crippen LogP contribution in [0.25, 0.3) is 11.1 Å². The Morgan fingerprint density at radius 3 is 2.54 bits per heavy atom. The zero-order valence-corrected chi connectivity index (χ0v) is 22.7. The molecule has 0 unspecified atom stereocenters. The molecule has 0 bridgehead atoms. The zero-order valence-electron chi connectivity index (χ0n) is 22.7. The summed E-state index contributed by atoms with van der Waals surface area (Å²) in [5.41, 5.74) is 4.87. The number of nitrogens with zero attached hydrogens (tertiary/aromatic N) is 1. The maximum atomic E-state index is 12.8. The van der Waals surface area contributed by atoms with Crippen LogP contribution in [0.4, 0.5) is 4.79 Å². The van der Waals surface area contributed by atoms with Gasteiger partial charge >= 0.3 is 12.1 Å². The van der Waals surface area contributed by atoms with Gasteiger partial charge in [0, 0.05) is 6.54 Å². The second kappa shape index (κ2) is 10.5. The molecule has 3 aromatic carbocycles. The van der Waals surface area contributed by atoms with Gasteiger partial charge in [0.1, 0.15) is 31.2 Å². The molecule has 2 aliphatic rings. The van der Waals surface area contributed by atoms with E-state index in [1.807, 2.05) is 42.5 Å². The lowest BCUT2D eigenvalue weighted by Crippen LogP contribution is -2.45. The van der Waals surface area contributed by atoms with Crippen LogP contribution in [-0.2, 0) is 22.6 Å². The number of carbonyl (C=O) groups is 2. The molecule has 5 rings (SSSR count). The highest BCUT2D eigenvalue weighted by Gasteiger charge is 2.38. The van der Waals surface area contributed by atoms with E-state index >= 15 is 0 Å². The van der Waals surface area contributed by atoms with Crippen molar-refractivity contribution in [2.45, 2.75) is 52.4 Å². The smallest absolute Gasteiger partial charge is 0.411 e. The molecule has 0 aromatic heterocycles. The van der Waals surface area contributed by atoms with Gasteiger partial charge in [-0.05, 0) is 91.8 Å². The maximum Gasteiger partial charge on any atom is 0.411 e. The molecule has 204 valence electrons. The van der Waals surface area contributed by atoms with Crippen molar-refractivity contribution < 1.29 is 33.6 Å². The van der Waals surface area contributed by atoms with Crippen molar-refractivity contribution in [1.82, 2.24) is 4.90 Å². The number of carbonyl (C=O) groups excluding carboxylic acids is 1. The van der Waals surface area contributed by atoms with Gasteiger partial charge in [0.25, 0.3) is 0 Å². The first kappa shape index (κ1) is 26.4. The Hall–Kier alpha value is -4.20. The summed E-state index contributed by atoms with van der Waals surface area (Å²) in [6.07, 6.45) is -0.103. The summed E-state index contributed by atoms with van der Waals surface area (Å²) < 4.78 is 23.0. The van der Waals surface area contributed by atoms with Gasteiger partial charge in [0.2, 0.25) is 0 Å². The number of hydrogen-bond acceptors (Lipinski definition) is 6. The highest BCUT2D eigenvalue weighted by molar-refractivity contribution is 5.83. The third-order valence-corrected chi connectivity index (χ3v) is 6.90. The van der Waals surface area contributed by atoms with Crippen LogP contribution < -0.4 is 14.2 Å². The molecule has 0 fully saturated rings. The standard InChI is InChI=1S/C31H33NO7/c1-19-22(6-5-7-24(19)21-9-11-26-27(16-21)37-15-14-36-26)18-38-23-10-8-20-12-13-32(30(35)39-31(2,3)4)28(29(33)34)25(20)17-23/h5-11,16-17,28H,12-15,18H2,1-4H3,(H,33,34)/t28-/m1/s1. The molecule has 0 aliphatic carbocycles. The first-order valence-electron chi connectivity index (χ1n) is 13.1. The number of hydrogen-bond donors (Lipinski definition) is 1. The lowest BCUT2D eigenvalue weighted by molar-refractivity contribution is -0.143. The normalized spacial score (nSPS) is 16.3. The number of fused-ring (bicyclic) bond motifs is 2. The summed E-state index contributed by atoms with van der Waals surface area (Å²) in [6, 6.07) is 16.3. The van der Waals surface area contributed by atoms with Gasteiger partial charge in [-0.25, -0.2) is 9.59 Å². The Bertz CT molecular complexity index is 1410. The lowest BCUT2D eigenvalue weighted by Gasteiger charge is -2.36. The predicted molar refractivity (Wildman–Crippen MR) is 145 cm³/mol. The third kappa shape index (κ3) is 5.65. The Morgan fingerprint density at radius 2 is 1.79 bits per heavy atom.